The van der Waals surface area contributed by atoms with E-state index in [1.54, 1.807) is 23.5 Å². The molecule has 118 valence electrons. The fraction of sp³-hybridized carbons (Fsp3) is 0.625. The zero-order chi connectivity index (χ0) is 15.3. The molecule has 2 rings (SSSR count). The van der Waals surface area contributed by atoms with E-state index < -0.39 is 10.0 Å². The summed E-state index contributed by atoms with van der Waals surface area (Å²) in [4.78, 5) is 0.387. The number of anilines is 1. The molecule has 0 atom stereocenters. The summed E-state index contributed by atoms with van der Waals surface area (Å²) in [5.74, 6) is 0. The molecule has 0 heterocycles. The highest BCUT2D eigenvalue weighted by atomic mass is 32.2. The van der Waals surface area contributed by atoms with E-state index in [4.69, 9.17) is 0 Å². The first-order valence-corrected chi connectivity index (χ1v) is 9.31. The van der Waals surface area contributed by atoms with Gasteiger partial charge in [0.05, 0.1) is 4.90 Å². The van der Waals surface area contributed by atoms with Gasteiger partial charge in [-0.2, -0.15) is 4.31 Å². The van der Waals surface area contributed by atoms with Crippen LogP contribution in [-0.4, -0.2) is 32.4 Å². The predicted molar refractivity (Wildman–Crippen MR) is 87.0 cm³/mol. The maximum atomic E-state index is 12.7. The van der Waals surface area contributed by atoms with Crippen molar-refractivity contribution in [2.75, 3.05) is 18.9 Å². The Hall–Kier alpha value is -1.07. The molecule has 4 nitrogen and oxygen atoms in total. The van der Waals surface area contributed by atoms with Gasteiger partial charge in [0.15, 0.2) is 0 Å². The summed E-state index contributed by atoms with van der Waals surface area (Å²) in [6, 6.07) is 7.25. The van der Waals surface area contributed by atoms with E-state index in [0.29, 0.717) is 4.90 Å². The topological polar surface area (TPSA) is 49.4 Å². The zero-order valence-electron chi connectivity index (χ0n) is 13.0. The molecule has 1 N–H and O–H groups in total. The first kappa shape index (κ1) is 16.3. The van der Waals surface area contributed by atoms with Crippen molar-refractivity contribution in [2.45, 2.75) is 56.4 Å². The highest BCUT2D eigenvalue weighted by Crippen LogP contribution is 2.26. The second-order valence-corrected chi connectivity index (χ2v) is 7.76. The second kappa shape index (κ2) is 7.27. The summed E-state index contributed by atoms with van der Waals surface area (Å²) in [7, 11) is -1.65. The van der Waals surface area contributed by atoms with Crippen LogP contribution in [0.15, 0.2) is 29.2 Å². The number of hydrogen-bond acceptors (Lipinski definition) is 3. The lowest BCUT2D eigenvalue weighted by molar-refractivity contribution is 0.286. The molecular weight excluding hydrogens is 284 g/mol. The van der Waals surface area contributed by atoms with Crippen molar-refractivity contribution < 1.29 is 8.42 Å². The molecule has 1 aromatic rings. The molecule has 1 aromatic carbocycles. The summed E-state index contributed by atoms with van der Waals surface area (Å²) in [6.45, 7) is 3.00. The number of nitrogens with one attached hydrogen (secondary N) is 1. The average molecular weight is 310 g/mol. The number of rotatable bonds is 6. The molecule has 1 saturated carbocycles. The Morgan fingerprint density at radius 2 is 1.76 bits per heavy atom. The van der Waals surface area contributed by atoms with Gasteiger partial charge in [0.25, 0.3) is 0 Å². The predicted octanol–water partition coefficient (Wildman–Crippen LogP) is 3.46. The smallest absolute Gasteiger partial charge is 0.243 e. The molecule has 21 heavy (non-hydrogen) atoms. The van der Waals surface area contributed by atoms with Crippen LogP contribution in [0.25, 0.3) is 0 Å². The first-order chi connectivity index (χ1) is 10.1. The van der Waals surface area contributed by atoms with Gasteiger partial charge < -0.3 is 5.32 Å². The standard InChI is InChI=1S/C16H26N2O2S/c1-3-13-17-14-9-11-16(12-10-14)21(19,20)18(2)15-7-5-4-6-8-15/h9-12,15,17H,3-8,13H2,1-2H3. The van der Waals surface area contributed by atoms with Crippen LogP contribution in [0.5, 0.6) is 0 Å². The highest BCUT2D eigenvalue weighted by Gasteiger charge is 2.28. The quantitative estimate of drug-likeness (QED) is 0.875. The third-order valence-corrected chi connectivity index (χ3v) is 6.12. The monoisotopic (exact) mass is 310 g/mol. The molecule has 0 aromatic heterocycles. The van der Waals surface area contributed by atoms with E-state index in [1.165, 1.54) is 6.42 Å². The molecule has 5 heteroatoms. The van der Waals surface area contributed by atoms with Crippen molar-refractivity contribution in [1.82, 2.24) is 4.31 Å². The van der Waals surface area contributed by atoms with Crippen LogP contribution in [-0.2, 0) is 10.0 Å². The summed E-state index contributed by atoms with van der Waals surface area (Å²) in [5, 5.41) is 3.26. The van der Waals surface area contributed by atoms with Gasteiger partial charge in [0.2, 0.25) is 10.0 Å². The van der Waals surface area contributed by atoms with Gasteiger partial charge in [-0.05, 0) is 43.5 Å². The van der Waals surface area contributed by atoms with Gasteiger partial charge in [-0.3, -0.25) is 0 Å². The lowest BCUT2D eigenvalue weighted by Crippen LogP contribution is -2.38. The fourth-order valence-corrected chi connectivity index (χ4v) is 4.24. The molecule has 0 spiro atoms. The molecule has 0 bridgehead atoms. The number of sulfonamides is 1. The minimum Gasteiger partial charge on any atom is -0.385 e. The number of benzene rings is 1. The number of hydrogen-bond donors (Lipinski definition) is 1. The molecular formula is C16H26N2O2S. The Labute approximate surface area is 128 Å². The highest BCUT2D eigenvalue weighted by molar-refractivity contribution is 7.89. The van der Waals surface area contributed by atoms with Crippen molar-refractivity contribution in [3.63, 3.8) is 0 Å². The molecule has 0 amide bonds. The average Bonchev–Trinajstić information content (AvgIpc) is 2.53. The summed E-state index contributed by atoms with van der Waals surface area (Å²) in [6.07, 6.45) is 6.49. The van der Waals surface area contributed by atoms with Crippen molar-refractivity contribution in [3.8, 4) is 0 Å². The molecule has 0 radical (unpaired) electrons. The molecule has 0 unspecified atom stereocenters. The Morgan fingerprint density at radius 1 is 1.14 bits per heavy atom. The third kappa shape index (κ3) is 3.98. The van der Waals surface area contributed by atoms with Crippen molar-refractivity contribution in [3.05, 3.63) is 24.3 Å². The SMILES string of the molecule is CCCNc1ccc(S(=O)(=O)N(C)C2CCCCC2)cc1. The summed E-state index contributed by atoms with van der Waals surface area (Å²) >= 11 is 0. The van der Waals surface area contributed by atoms with E-state index in [0.717, 1.165) is 44.3 Å². The van der Waals surface area contributed by atoms with Crippen LogP contribution in [0.4, 0.5) is 5.69 Å². The van der Waals surface area contributed by atoms with Crippen LogP contribution in [0.2, 0.25) is 0 Å². The normalized spacial score (nSPS) is 17.1. The van der Waals surface area contributed by atoms with Gasteiger partial charge in [-0.25, -0.2) is 8.42 Å². The van der Waals surface area contributed by atoms with Crippen LogP contribution < -0.4 is 5.32 Å². The maximum Gasteiger partial charge on any atom is 0.243 e. The van der Waals surface area contributed by atoms with Gasteiger partial charge >= 0.3 is 0 Å². The molecule has 0 aliphatic heterocycles. The Kier molecular flexibility index (Phi) is 5.65. The van der Waals surface area contributed by atoms with Crippen LogP contribution in [0.1, 0.15) is 45.4 Å². The largest absolute Gasteiger partial charge is 0.385 e. The second-order valence-electron chi connectivity index (χ2n) is 5.76. The zero-order valence-corrected chi connectivity index (χ0v) is 13.8. The first-order valence-electron chi connectivity index (χ1n) is 7.87. The minimum atomic E-state index is -3.37. The van der Waals surface area contributed by atoms with Crippen molar-refractivity contribution >= 4 is 15.7 Å². The van der Waals surface area contributed by atoms with E-state index in [1.807, 2.05) is 12.1 Å². The molecule has 0 saturated heterocycles. The molecule has 1 fully saturated rings. The third-order valence-electron chi connectivity index (χ3n) is 4.20. The van der Waals surface area contributed by atoms with Gasteiger partial charge in [-0.15, -0.1) is 0 Å². The van der Waals surface area contributed by atoms with Crippen molar-refractivity contribution in [1.29, 1.82) is 0 Å². The van der Waals surface area contributed by atoms with Gasteiger partial charge in [-0.1, -0.05) is 26.2 Å². The van der Waals surface area contributed by atoms with Crippen molar-refractivity contribution in [2.24, 2.45) is 0 Å². The van der Waals surface area contributed by atoms with E-state index >= 15 is 0 Å². The Morgan fingerprint density at radius 3 is 2.33 bits per heavy atom. The minimum absolute atomic E-state index is 0.154. The fourth-order valence-electron chi connectivity index (χ4n) is 2.82. The van der Waals surface area contributed by atoms with E-state index in [-0.39, 0.29) is 6.04 Å². The van der Waals surface area contributed by atoms with Gasteiger partial charge in [0.1, 0.15) is 0 Å². The van der Waals surface area contributed by atoms with Crippen LogP contribution in [0, 0.1) is 0 Å². The maximum absolute atomic E-state index is 12.7. The van der Waals surface area contributed by atoms with E-state index in [2.05, 4.69) is 12.2 Å². The molecule has 1 aliphatic carbocycles. The summed E-state index contributed by atoms with van der Waals surface area (Å²) in [5.41, 5.74) is 0.969. The lowest BCUT2D eigenvalue weighted by atomic mass is 9.96. The van der Waals surface area contributed by atoms with Crippen LogP contribution >= 0.6 is 0 Å². The number of nitrogens with zero attached hydrogens (tertiary/aromatic N) is 1. The Balaban J connectivity index is 2.10. The Bertz CT molecular complexity index is 534. The lowest BCUT2D eigenvalue weighted by Gasteiger charge is -2.30. The molecule has 1 aliphatic rings. The van der Waals surface area contributed by atoms with Crippen LogP contribution in [0.3, 0.4) is 0 Å². The summed E-state index contributed by atoms with van der Waals surface area (Å²) < 4.78 is 26.9. The van der Waals surface area contributed by atoms with Gasteiger partial charge in [0, 0.05) is 25.3 Å². The van der Waals surface area contributed by atoms with E-state index in [9.17, 15) is 8.42 Å².